The normalized spacial score (nSPS) is 10.4. The molecule has 94 valence electrons. The summed E-state index contributed by atoms with van der Waals surface area (Å²) in [6, 6.07) is 7.63. The molecular formula is C13H11BrF2N2. The van der Waals surface area contributed by atoms with Crippen LogP contribution in [0.3, 0.4) is 0 Å². The Morgan fingerprint density at radius 2 is 1.72 bits per heavy atom. The molecule has 0 radical (unpaired) electrons. The van der Waals surface area contributed by atoms with Crippen LogP contribution in [0.4, 0.5) is 25.8 Å². The molecule has 2 aromatic rings. The molecule has 0 aliphatic heterocycles. The van der Waals surface area contributed by atoms with Crippen LogP contribution in [0.2, 0.25) is 0 Å². The second-order valence-corrected chi connectivity index (χ2v) is 4.88. The van der Waals surface area contributed by atoms with Crippen molar-refractivity contribution in [1.82, 2.24) is 0 Å². The van der Waals surface area contributed by atoms with Crippen molar-refractivity contribution < 1.29 is 8.78 Å². The zero-order valence-corrected chi connectivity index (χ0v) is 11.2. The van der Waals surface area contributed by atoms with Gasteiger partial charge in [-0.2, -0.15) is 0 Å². The van der Waals surface area contributed by atoms with Gasteiger partial charge < -0.3 is 11.1 Å². The lowest BCUT2D eigenvalue weighted by Gasteiger charge is -2.12. The first-order valence-corrected chi connectivity index (χ1v) is 6.04. The average Bonchev–Trinajstić information content (AvgIpc) is 2.28. The number of hydrogen-bond acceptors (Lipinski definition) is 2. The van der Waals surface area contributed by atoms with Crippen LogP contribution in [0.5, 0.6) is 0 Å². The van der Waals surface area contributed by atoms with E-state index in [1.807, 2.05) is 13.0 Å². The van der Waals surface area contributed by atoms with Gasteiger partial charge in [0.1, 0.15) is 5.69 Å². The maximum Gasteiger partial charge on any atom is 0.150 e. The number of nitrogen functional groups attached to an aromatic ring is 1. The zero-order valence-electron chi connectivity index (χ0n) is 9.60. The minimum atomic E-state index is -0.678. The van der Waals surface area contributed by atoms with Gasteiger partial charge in [0.15, 0.2) is 11.6 Å². The van der Waals surface area contributed by atoms with Crippen molar-refractivity contribution >= 4 is 33.0 Å². The molecule has 2 nitrogen and oxygen atoms in total. The van der Waals surface area contributed by atoms with Crippen LogP contribution in [0, 0.1) is 18.6 Å². The Bertz CT molecular complexity index is 577. The Balaban J connectivity index is 2.43. The molecule has 0 unspecified atom stereocenters. The number of nitrogens with one attached hydrogen (secondary N) is 1. The van der Waals surface area contributed by atoms with Gasteiger partial charge in [0.05, 0.1) is 11.4 Å². The van der Waals surface area contributed by atoms with Crippen molar-refractivity contribution in [2.24, 2.45) is 0 Å². The molecule has 2 rings (SSSR count). The molecule has 0 aromatic heterocycles. The molecule has 5 heteroatoms. The van der Waals surface area contributed by atoms with Crippen molar-refractivity contribution in [1.29, 1.82) is 0 Å². The van der Waals surface area contributed by atoms with Gasteiger partial charge in [0.25, 0.3) is 0 Å². The summed E-state index contributed by atoms with van der Waals surface area (Å²) >= 11 is 3.03. The van der Waals surface area contributed by atoms with Gasteiger partial charge in [-0.3, -0.25) is 0 Å². The van der Waals surface area contributed by atoms with E-state index in [1.165, 1.54) is 12.1 Å². The number of anilines is 3. The monoisotopic (exact) mass is 312 g/mol. The predicted octanol–water partition coefficient (Wildman–Crippen LogP) is 4.36. The molecule has 0 heterocycles. The first kappa shape index (κ1) is 12.8. The number of hydrogen-bond donors (Lipinski definition) is 2. The summed E-state index contributed by atoms with van der Waals surface area (Å²) in [5, 5.41) is 2.68. The van der Waals surface area contributed by atoms with Gasteiger partial charge in [-0.1, -0.05) is 22.0 Å². The highest BCUT2D eigenvalue weighted by Gasteiger charge is 2.12. The number of halogens is 3. The van der Waals surface area contributed by atoms with E-state index in [0.717, 1.165) is 5.56 Å². The number of rotatable bonds is 2. The third kappa shape index (κ3) is 2.61. The van der Waals surface area contributed by atoms with Crippen LogP contribution in [-0.4, -0.2) is 0 Å². The summed E-state index contributed by atoms with van der Waals surface area (Å²) in [6.07, 6.45) is 0. The third-order valence-corrected chi connectivity index (χ3v) is 2.93. The second kappa shape index (κ2) is 4.94. The quantitative estimate of drug-likeness (QED) is 0.808. The van der Waals surface area contributed by atoms with Gasteiger partial charge >= 0.3 is 0 Å². The summed E-state index contributed by atoms with van der Waals surface area (Å²) in [6.45, 7) is 1.87. The van der Waals surface area contributed by atoms with E-state index in [0.29, 0.717) is 15.8 Å². The molecule has 2 aromatic carbocycles. The second-order valence-electron chi connectivity index (χ2n) is 3.96. The van der Waals surface area contributed by atoms with Gasteiger partial charge in [0.2, 0.25) is 0 Å². The fraction of sp³-hybridized carbons (Fsp3) is 0.0769. The van der Waals surface area contributed by atoms with E-state index < -0.39 is 11.6 Å². The number of aryl methyl sites for hydroxylation is 1. The van der Waals surface area contributed by atoms with E-state index in [9.17, 15) is 8.78 Å². The molecule has 0 aliphatic rings. The maximum absolute atomic E-state index is 13.7. The van der Waals surface area contributed by atoms with Crippen molar-refractivity contribution in [3.05, 3.63) is 52.0 Å². The van der Waals surface area contributed by atoms with E-state index in [2.05, 4.69) is 21.2 Å². The largest absolute Gasteiger partial charge is 0.397 e. The molecule has 0 spiro atoms. The molecule has 0 amide bonds. The molecule has 0 fully saturated rings. The summed E-state index contributed by atoms with van der Waals surface area (Å²) in [4.78, 5) is 0. The predicted molar refractivity (Wildman–Crippen MR) is 72.9 cm³/mol. The van der Waals surface area contributed by atoms with Gasteiger partial charge in [0, 0.05) is 4.47 Å². The minimum absolute atomic E-state index is 0.212. The van der Waals surface area contributed by atoms with Crippen molar-refractivity contribution in [3.8, 4) is 0 Å². The molecular weight excluding hydrogens is 302 g/mol. The van der Waals surface area contributed by atoms with Crippen LogP contribution >= 0.6 is 15.9 Å². The zero-order chi connectivity index (χ0) is 13.3. The van der Waals surface area contributed by atoms with Crippen molar-refractivity contribution in [2.75, 3.05) is 11.1 Å². The topological polar surface area (TPSA) is 38.0 Å². The fourth-order valence-corrected chi connectivity index (χ4v) is 1.98. The Morgan fingerprint density at radius 3 is 2.33 bits per heavy atom. The summed E-state index contributed by atoms with van der Waals surface area (Å²) in [7, 11) is 0. The van der Waals surface area contributed by atoms with Gasteiger partial charge in [-0.15, -0.1) is 0 Å². The first-order valence-electron chi connectivity index (χ1n) is 5.25. The SMILES string of the molecule is Cc1ccc(N)c(Nc2c(F)cc(Br)cc2F)c1. The van der Waals surface area contributed by atoms with Crippen LogP contribution in [0.15, 0.2) is 34.8 Å². The van der Waals surface area contributed by atoms with E-state index >= 15 is 0 Å². The van der Waals surface area contributed by atoms with E-state index in [4.69, 9.17) is 5.73 Å². The Hall–Kier alpha value is -1.62. The molecule has 0 bridgehead atoms. The molecule has 0 atom stereocenters. The van der Waals surface area contributed by atoms with Crippen molar-refractivity contribution in [3.63, 3.8) is 0 Å². The van der Waals surface area contributed by atoms with Crippen molar-refractivity contribution in [2.45, 2.75) is 6.92 Å². The summed E-state index contributed by atoms with van der Waals surface area (Å²) in [5.41, 5.74) is 7.40. The lowest BCUT2D eigenvalue weighted by molar-refractivity contribution is 0.589. The van der Waals surface area contributed by atoms with Crippen LogP contribution in [0.1, 0.15) is 5.56 Å². The van der Waals surface area contributed by atoms with E-state index in [-0.39, 0.29) is 5.69 Å². The van der Waals surface area contributed by atoms with E-state index in [1.54, 1.807) is 12.1 Å². The lowest BCUT2D eigenvalue weighted by atomic mass is 10.2. The average molecular weight is 313 g/mol. The standard InChI is InChI=1S/C13H11BrF2N2/c1-7-2-3-11(17)12(4-7)18-13-9(15)5-8(14)6-10(13)16/h2-6,18H,17H2,1H3. The number of nitrogens with two attached hydrogens (primary N) is 1. The summed E-state index contributed by atoms with van der Waals surface area (Å²) in [5.74, 6) is -1.36. The first-order chi connectivity index (χ1) is 8.47. The maximum atomic E-state index is 13.7. The van der Waals surface area contributed by atoms with Crippen LogP contribution in [0.25, 0.3) is 0 Å². The van der Waals surface area contributed by atoms with Gasteiger partial charge in [-0.05, 0) is 36.8 Å². The molecule has 0 aliphatic carbocycles. The highest BCUT2D eigenvalue weighted by molar-refractivity contribution is 9.10. The Morgan fingerprint density at radius 1 is 1.11 bits per heavy atom. The molecule has 0 saturated carbocycles. The van der Waals surface area contributed by atoms with Crippen LogP contribution in [-0.2, 0) is 0 Å². The third-order valence-electron chi connectivity index (χ3n) is 2.48. The minimum Gasteiger partial charge on any atom is -0.397 e. The number of benzene rings is 2. The smallest absolute Gasteiger partial charge is 0.150 e. The van der Waals surface area contributed by atoms with Gasteiger partial charge in [-0.25, -0.2) is 8.78 Å². The molecule has 0 saturated heterocycles. The fourth-order valence-electron chi connectivity index (χ4n) is 1.57. The highest BCUT2D eigenvalue weighted by atomic mass is 79.9. The highest BCUT2D eigenvalue weighted by Crippen LogP contribution is 2.29. The molecule has 3 N–H and O–H groups in total. The summed E-state index contributed by atoms with van der Waals surface area (Å²) < 4.78 is 27.7. The Labute approximate surface area is 112 Å². The molecule has 18 heavy (non-hydrogen) atoms. The Kier molecular flexibility index (Phi) is 3.52. The lowest BCUT2D eigenvalue weighted by Crippen LogP contribution is -2.01. The van der Waals surface area contributed by atoms with Crippen LogP contribution < -0.4 is 11.1 Å².